The smallest absolute Gasteiger partial charge is 0.0728 e. The third-order valence-electron chi connectivity index (χ3n) is 4.24. The minimum atomic E-state index is 0.531. The number of hydrogen-bond acceptors (Lipinski definition) is 3. The van der Waals surface area contributed by atoms with Crippen molar-refractivity contribution >= 4 is 0 Å². The van der Waals surface area contributed by atoms with Crippen LogP contribution in [0.25, 0.3) is 0 Å². The van der Waals surface area contributed by atoms with Crippen LogP contribution in [0.5, 0.6) is 0 Å². The minimum Gasteiger partial charge on any atom is -0.315 e. The zero-order valence-corrected chi connectivity index (χ0v) is 10.4. The molecule has 2 aliphatic rings. The van der Waals surface area contributed by atoms with Crippen molar-refractivity contribution in [3.8, 4) is 0 Å². The lowest BCUT2D eigenvalue weighted by molar-refractivity contribution is 0.318. The Labute approximate surface area is 103 Å². The third kappa shape index (κ3) is 2.37. The Hall–Kier alpha value is -0.900. The van der Waals surface area contributed by atoms with Gasteiger partial charge in [-0.15, -0.1) is 5.10 Å². The van der Waals surface area contributed by atoms with Crippen LogP contribution < -0.4 is 5.32 Å². The Bertz CT molecular complexity index is 316. The molecule has 0 spiro atoms. The number of nitrogens with one attached hydrogen (secondary N) is 1. The van der Waals surface area contributed by atoms with E-state index in [1.165, 1.54) is 50.6 Å². The van der Waals surface area contributed by atoms with Crippen LogP contribution >= 0.6 is 0 Å². The fraction of sp³-hybridized carbons (Fsp3) is 0.846. The van der Waals surface area contributed by atoms with E-state index in [0.29, 0.717) is 12.0 Å². The maximum Gasteiger partial charge on any atom is 0.0728 e. The molecule has 0 radical (unpaired) electrons. The van der Waals surface area contributed by atoms with Gasteiger partial charge in [0.05, 0.1) is 17.9 Å². The maximum atomic E-state index is 4.34. The summed E-state index contributed by atoms with van der Waals surface area (Å²) >= 11 is 0. The van der Waals surface area contributed by atoms with Crippen molar-refractivity contribution < 1.29 is 0 Å². The molecule has 4 heteroatoms. The summed E-state index contributed by atoms with van der Waals surface area (Å²) in [5, 5.41) is 12.0. The Morgan fingerprint density at radius 2 is 2.00 bits per heavy atom. The fourth-order valence-electron chi connectivity index (χ4n) is 3.27. The van der Waals surface area contributed by atoms with Gasteiger partial charge < -0.3 is 5.32 Å². The van der Waals surface area contributed by atoms with Crippen molar-refractivity contribution in [3.63, 3.8) is 0 Å². The largest absolute Gasteiger partial charge is 0.315 e. The molecule has 2 heterocycles. The van der Waals surface area contributed by atoms with Crippen molar-refractivity contribution in [2.75, 3.05) is 13.1 Å². The van der Waals surface area contributed by atoms with Gasteiger partial charge in [-0.1, -0.05) is 24.5 Å². The molecule has 1 aliphatic heterocycles. The van der Waals surface area contributed by atoms with Gasteiger partial charge in [0, 0.05) is 12.5 Å². The van der Waals surface area contributed by atoms with E-state index in [2.05, 4.69) is 20.3 Å². The van der Waals surface area contributed by atoms with Gasteiger partial charge >= 0.3 is 0 Å². The van der Waals surface area contributed by atoms with Gasteiger partial charge in [0.25, 0.3) is 0 Å². The highest BCUT2D eigenvalue weighted by molar-refractivity contribution is 5.06. The summed E-state index contributed by atoms with van der Waals surface area (Å²) in [6.07, 6.45) is 11.3. The summed E-state index contributed by atoms with van der Waals surface area (Å²) in [7, 11) is 0. The summed E-state index contributed by atoms with van der Waals surface area (Å²) in [5.41, 5.74) is 1.39. The SMILES string of the molecule is c1nnn(C2CCCNC2)c1C1CCCCC1. The first-order valence-electron chi connectivity index (χ1n) is 7.06. The standard InChI is InChI=1S/C13H22N4/c1-2-5-11(6-3-1)13-10-15-16-17(13)12-7-4-8-14-9-12/h10-12,14H,1-9H2. The first-order valence-corrected chi connectivity index (χ1v) is 7.06. The molecule has 17 heavy (non-hydrogen) atoms. The molecule has 1 aromatic heterocycles. The van der Waals surface area contributed by atoms with Crippen LogP contribution in [0.3, 0.4) is 0 Å². The van der Waals surface area contributed by atoms with Crippen LogP contribution in [0.4, 0.5) is 0 Å². The van der Waals surface area contributed by atoms with E-state index in [4.69, 9.17) is 0 Å². The second kappa shape index (κ2) is 5.17. The highest BCUT2D eigenvalue weighted by atomic mass is 15.4. The van der Waals surface area contributed by atoms with Gasteiger partial charge in [0.2, 0.25) is 0 Å². The predicted molar refractivity (Wildman–Crippen MR) is 67.0 cm³/mol. The molecule has 3 rings (SSSR count). The lowest BCUT2D eigenvalue weighted by Gasteiger charge is -2.28. The molecule has 1 aromatic rings. The molecule has 94 valence electrons. The number of rotatable bonds is 2. The van der Waals surface area contributed by atoms with Crippen molar-refractivity contribution in [1.29, 1.82) is 0 Å². The van der Waals surface area contributed by atoms with E-state index in [9.17, 15) is 0 Å². The average Bonchev–Trinajstić information content (AvgIpc) is 2.90. The minimum absolute atomic E-state index is 0.531. The number of hydrogen-bond donors (Lipinski definition) is 1. The average molecular weight is 234 g/mol. The van der Waals surface area contributed by atoms with Crippen LogP contribution in [0.2, 0.25) is 0 Å². The molecular weight excluding hydrogens is 212 g/mol. The Morgan fingerprint density at radius 3 is 2.76 bits per heavy atom. The first kappa shape index (κ1) is 11.2. The Kier molecular flexibility index (Phi) is 3.41. The molecule has 1 aliphatic carbocycles. The van der Waals surface area contributed by atoms with Crippen LogP contribution in [0.1, 0.15) is 62.6 Å². The maximum absolute atomic E-state index is 4.34. The highest BCUT2D eigenvalue weighted by Crippen LogP contribution is 2.33. The molecule has 1 saturated heterocycles. The Balaban J connectivity index is 1.77. The van der Waals surface area contributed by atoms with E-state index >= 15 is 0 Å². The van der Waals surface area contributed by atoms with Gasteiger partial charge in [0.15, 0.2) is 0 Å². The van der Waals surface area contributed by atoms with Crippen LogP contribution in [0, 0.1) is 0 Å². The van der Waals surface area contributed by atoms with E-state index in [1.54, 1.807) is 0 Å². The second-order valence-corrected chi connectivity index (χ2v) is 5.44. The molecule has 0 amide bonds. The van der Waals surface area contributed by atoms with Gasteiger partial charge in [-0.3, -0.25) is 0 Å². The summed E-state index contributed by atoms with van der Waals surface area (Å²) < 4.78 is 2.21. The first-order chi connectivity index (χ1) is 8.45. The summed E-state index contributed by atoms with van der Waals surface area (Å²) in [6, 6.07) is 0.531. The summed E-state index contributed by atoms with van der Waals surface area (Å²) in [6.45, 7) is 2.22. The van der Waals surface area contributed by atoms with Gasteiger partial charge in [0.1, 0.15) is 0 Å². The summed E-state index contributed by atoms with van der Waals surface area (Å²) in [4.78, 5) is 0. The zero-order valence-electron chi connectivity index (χ0n) is 10.4. The monoisotopic (exact) mass is 234 g/mol. The van der Waals surface area contributed by atoms with E-state index in [0.717, 1.165) is 13.1 Å². The van der Waals surface area contributed by atoms with Crippen molar-refractivity contribution in [2.45, 2.75) is 56.9 Å². The quantitative estimate of drug-likeness (QED) is 0.853. The molecule has 1 N–H and O–H groups in total. The third-order valence-corrected chi connectivity index (χ3v) is 4.24. The Morgan fingerprint density at radius 1 is 1.12 bits per heavy atom. The molecule has 1 saturated carbocycles. The normalized spacial score (nSPS) is 27.2. The number of piperidine rings is 1. The van der Waals surface area contributed by atoms with Crippen molar-refractivity contribution in [2.24, 2.45) is 0 Å². The van der Waals surface area contributed by atoms with E-state index in [-0.39, 0.29) is 0 Å². The lowest BCUT2D eigenvalue weighted by atomic mass is 9.87. The van der Waals surface area contributed by atoms with Crippen molar-refractivity contribution in [3.05, 3.63) is 11.9 Å². The topological polar surface area (TPSA) is 42.7 Å². The summed E-state index contributed by atoms with van der Waals surface area (Å²) in [5.74, 6) is 0.709. The zero-order chi connectivity index (χ0) is 11.5. The predicted octanol–water partition coefficient (Wildman–Crippen LogP) is 2.25. The second-order valence-electron chi connectivity index (χ2n) is 5.44. The molecule has 0 bridgehead atoms. The van der Waals surface area contributed by atoms with Gasteiger partial charge in [-0.25, -0.2) is 4.68 Å². The molecule has 2 fully saturated rings. The molecular formula is C13H22N4. The molecule has 4 nitrogen and oxygen atoms in total. The molecule has 1 unspecified atom stereocenters. The van der Waals surface area contributed by atoms with Gasteiger partial charge in [-0.05, 0) is 32.2 Å². The number of nitrogens with zero attached hydrogens (tertiary/aromatic N) is 3. The van der Waals surface area contributed by atoms with Gasteiger partial charge in [-0.2, -0.15) is 0 Å². The molecule has 0 aromatic carbocycles. The van der Waals surface area contributed by atoms with E-state index in [1.807, 2.05) is 6.20 Å². The van der Waals surface area contributed by atoms with Crippen LogP contribution in [0.15, 0.2) is 6.20 Å². The highest BCUT2D eigenvalue weighted by Gasteiger charge is 2.24. The molecule has 1 atom stereocenters. The van der Waals surface area contributed by atoms with Crippen molar-refractivity contribution in [1.82, 2.24) is 20.3 Å². The van der Waals surface area contributed by atoms with Crippen LogP contribution in [-0.4, -0.2) is 28.1 Å². The van der Waals surface area contributed by atoms with E-state index < -0.39 is 0 Å². The fourth-order valence-corrected chi connectivity index (χ4v) is 3.27. The number of aromatic nitrogens is 3. The lowest BCUT2D eigenvalue weighted by Crippen LogP contribution is -2.33. The van der Waals surface area contributed by atoms with Crippen LogP contribution in [-0.2, 0) is 0 Å².